The largest absolute Gasteiger partial charge is 0.454 e. The lowest BCUT2D eigenvalue weighted by Crippen LogP contribution is -2.56. The summed E-state index contributed by atoms with van der Waals surface area (Å²) in [4.78, 5) is 32.8. The number of carbonyl (C=O) groups excluding carboxylic acids is 2. The number of para-hydroxylation sites is 2. The second-order valence-electron chi connectivity index (χ2n) is 8.33. The molecule has 0 saturated carbocycles. The smallest absolute Gasteiger partial charge is 0.238 e. The Balaban J connectivity index is 1.35. The summed E-state index contributed by atoms with van der Waals surface area (Å²) in [6, 6.07) is 10.6. The van der Waals surface area contributed by atoms with Crippen molar-refractivity contribution in [3.63, 3.8) is 0 Å². The van der Waals surface area contributed by atoms with Crippen LogP contribution in [0.5, 0.6) is 0 Å². The van der Waals surface area contributed by atoms with Crippen LogP contribution in [0.15, 0.2) is 62.3 Å². The second kappa shape index (κ2) is 7.51. The van der Waals surface area contributed by atoms with E-state index in [1.165, 1.54) is 11.8 Å². The van der Waals surface area contributed by atoms with Crippen molar-refractivity contribution >= 4 is 34.5 Å². The number of rotatable bonds is 4. The van der Waals surface area contributed by atoms with Crippen molar-refractivity contribution in [3.05, 3.63) is 53.4 Å². The highest BCUT2D eigenvalue weighted by atomic mass is 32.2. The molecule has 9 nitrogen and oxygen atoms in total. The van der Waals surface area contributed by atoms with Gasteiger partial charge in [-0.25, -0.2) is 10.4 Å². The van der Waals surface area contributed by atoms with Gasteiger partial charge in [-0.3, -0.25) is 15.0 Å². The number of imidazole rings is 1. The van der Waals surface area contributed by atoms with Crippen molar-refractivity contribution < 1.29 is 14.0 Å². The maximum absolute atomic E-state index is 12.9. The molecule has 32 heavy (non-hydrogen) atoms. The van der Waals surface area contributed by atoms with E-state index in [1.807, 2.05) is 36.4 Å². The molecule has 0 radical (unpaired) electrons. The zero-order valence-electron chi connectivity index (χ0n) is 17.1. The van der Waals surface area contributed by atoms with E-state index in [-0.39, 0.29) is 23.8 Å². The van der Waals surface area contributed by atoms with E-state index >= 15 is 0 Å². The zero-order valence-corrected chi connectivity index (χ0v) is 17.9. The van der Waals surface area contributed by atoms with E-state index in [9.17, 15) is 9.59 Å². The van der Waals surface area contributed by atoms with E-state index < -0.39 is 11.9 Å². The number of ketones is 1. The molecular weight excluding hydrogens is 428 g/mol. The Morgan fingerprint density at radius 3 is 2.84 bits per heavy atom. The minimum Gasteiger partial charge on any atom is -0.454 e. The van der Waals surface area contributed by atoms with Gasteiger partial charge in [0.1, 0.15) is 11.8 Å². The molecule has 1 fully saturated rings. The fourth-order valence-corrected chi connectivity index (χ4v) is 5.76. The monoisotopic (exact) mass is 450 g/mol. The fraction of sp³-hybridized carbons (Fsp3) is 0.318. The van der Waals surface area contributed by atoms with Crippen molar-refractivity contribution in [1.82, 2.24) is 26.1 Å². The molecule has 6 N–H and O–H groups in total. The first-order valence-electron chi connectivity index (χ1n) is 10.6. The molecule has 2 aliphatic heterocycles. The van der Waals surface area contributed by atoms with E-state index in [1.54, 1.807) is 0 Å². The molecule has 6 rings (SSSR count). The van der Waals surface area contributed by atoms with Crippen LogP contribution >= 0.6 is 11.8 Å². The molecule has 3 aromatic rings. The highest BCUT2D eigenvalue weighted by Gasteiger charge is 2.51. The first-order valence-corrected chi connectivity index (χ1v) is 11.5. The number of nitrogens with two attached hydrogens (primary N) is 1. The average molecular weight is 451 g/mol. The molecule has 10 heteroatoms. The topological polar surface area (TPSA) is 138 Å². The number of aromatic amines is 1. The number of primary amides is 1. The predicted molar refractivity (Wildman–Crippen MR) is 118 cm³/mol. The lowest BCUT2D eigenvalue weighted by molar-refractivity contribution is -0.120. The standard InChI is InChI=1S/C22H22N6O3S/c23-21(30)20-19-18(27-28-20)17(16-12(24-19)6-3-7-13(16)29)14-8-9-15(31-14)32-22-25-10-4-1-2-5-11(10)26-22/h1-2,4-5,8-9,17-20,24,27-28H,3,6-7H2,(H2,23,30)(H,25,26). The lowest BCUT2D eigenvalue weighted by Gasteiger charge is -2.39. The van der Waals surface area contributed by atoms with Crippen LogP contribution in [0, 0.1) is 0 Å². The third kappa shape index (κ3) is 3.14. The van der Waals surface area contributed by atoms with Gasteiger partial charge >= 0.3 is 0 Å². The Morgan fingerprint density at radius 2 is 2.00 bits per heavy atom. The summed E-state index contributed by atoms with van der Waals surface area (Å²) in [5.41, 5.74) is 15.3. The Bertz CT molecular complexity index is 1230. The molecule has 2 aromatic heterocycles. The van der Waals surface area contributed by atoms with Crippen molar-refractivity contribution in [1.29, 1.82) is 0 Å². The molecule has 0 spiro atoms. The van der Waals surface area contributed by atoms with Gasteiger partial charge in [0.25, 0.3) is 0 Å². The normalized spacial score (nSPS) is 27.3. The molecular formula is C22H22N6O3S. The van der Waals surface area contributed by atoms with Gasteiger partial charge in [-0.1, -0.05) is 12.1 Å². The SMILES string of the molecule is NC(=O)C1NNC2C(c3ccc(Sc4nc5ccccc5[nH]4)o3)C3=C(CCCC3=O)NC12. The fourth-order valence-electron chi connectivity index (χ4n) is 4.99. The molecule has 1 aliphatic carbocycles. The van der Waals surface area contributed by atoms with Crippen LogP contribution in [0.3, 0.4) is 0 Å². The van der Waals surface area contributed by atoms with Crippen LogP contribution in [-0.2, 0) is 9.59 Å². The average Bonchev–Trinajstić information content (AvgIpc) is 3.50. The molecule has 4 heterocycles. The van der Waals surface area contributed by atoms with Gasteiger partial charge in [-0.15, -0.1) is 0 Å². The number of H-pyrrole nitrogens is 1. The number of fused-ring (bicyclic) bond motifs is 2. The van der Waals surface area contributed by atoms with E-state index in [4.69, 9.17) is 10.2 Å². The van der Waals surface area contributed by atoms with Gasteiger partial charge < -0.3 is 20.5 Å². The number of amides is 1. The Morgan fingerprint density at radius 1 is 1.12 bits per heavy atom. The molecule has 164 valence electrons. The summed E-state index contributed by atoms with van der Waals surface area (Å²) in [5.74, 6) is 0.0469. The maximum atomic E-state index is 12.9. The number of nitrogens with zero attached hydrogens (tertiary/aromatic N) is 1. The van der Waals surface area contributed by atoms with Gasteiger partial charge in [-0.05, 0) is 48.9 Å². The number of hydrazine groups is 1. The number of aromatic nitrogens is 2. The molecule has 1 amide bonds. The number of benzene rings is 1. The van der Waals surface area contributed by atoms with Crippen LogP contribution in [0.1, 0.15) is 30.9 Å². The van der Waals surface area contributed by atoms with E-state index in [2.05, 4.69) is 26.1 Å². The van der Waals surface area contributed by atoms with Crippen molar-refractivity contribution in [2.45, 2.75) is 53.6 Å². The first kappa shape index (κ1) is 19.6. The summed E-state index contributed by atoms with van der Waals surface area (Å²) < 4.78 is 6.23. The third-order valence-corrected chi connectivity index (χ3v) is 7.21. The highest BCUT2D eigenvalue weighted by molar-refractivity contribution is 7.99. The number of carbonyl (C=O) groups is 2. The van der Waals surface area contributed by atoms with Crippen LogP contribution in [-0.4, -0.2) is 39.8 Å². The van der Waals surface area contributed by atoms with Gasteiger partial charge in [0, 0.05) is 17.7 Å². The first-order chi connectivity index (χ1) is 15.6. The number of hydrogen-bond donors (Lipinski definition) is 5. The van der Waals surface area contributed by atoms with Gasteiger partial charge in [-0.2, -0.15) is 0 Å². The lowest BCUT2D eigenvalue weighted by atomic mass is 9.74. The predicted octanol–water partition coefficient (Wildman–Crippen LogP) is 1.70. The van der Waals surface area contributed by atoms with Gasteiger partial charge in [0.2, 0.25) is 5.91 Å². The van der Waals surface area contributed by atoms with Crippen LogP contribution < -0.4 is 21.9 Å². The van der Waals surface area contributed by atoms with E-state index in [0.29, 0.717) is 17.3 Å². The highest BCUT2D eigenvalue weighted by Crippen LogP contribution is 2.43. The minimum absolute atomic E-state index is 0.120. The van der Waals surface area contributed by atoms with Crippen molar-refractivity contribution in [2.75, 3.05) is 0 Å². The van der Waals surface area contributed by atoms with Crippen LogP contribution in [0.2, 0.25) is 0 Å². The zero-order chi connectivity index (χ0) is 21.8. The van der Waals surface area contributed by atoms with Crippen LogP contribution in [0.4, 0.5) is 0 Å². The minimum atomic E-state index is -0.576. The van der Waals surface area contributed by atoms with Gasteiger partial charge in [0.05, 0.1) is 29.0 Å². The molecule has 4 atom stereocenters. The molecule has 1 saturated heterocycles. The quantitative estimate of drug-likeness (QED) is 0.405. The number of hydrogen-bond acceptors (Lipinski definition) is 8. The summed E-state index contributed by atoms with van der Waals surface area (Å²) in [6.07, 6.45) is 2.08. The number of Topliss-reactive ketones (excluding diaryl/α,β-unsaturated/α-hetero) is 1. The molecule has 4 unspecified atom stereocenters. The number of furan rings is 1. The summed E-state index contributed by atoms with van der Waals surface area (Å²) in [5, 5.41) is 4.82. The summed E-state index contributed by atoms with van der Waals surface area (Å²) >= 11 is 1.40. The van der Waals surface area contributed by atoms with Crippen molar-refractivity contribution in [2.24, 2.45) is 5.73 Å². The number of allylic oxidation sites excluding steroid dienone is 1. The molecule has 3 aliphatic rings. The Kier molecular flexibility index (Phi) is 4.60. The number of nitrogens with one attached hydrogen (secondary N) is 4. The summed E-state index contributed by atoms with van der Waals surface area (Å²) in [6.45, 7) is 0. The van der Waals surface area contributed by atoms with Crippen molar-refractivity contribution in [3.8, 4) is 0 Å². The van der Waals surface area contributed by atoms with Gasteiger partial charge in [0.15, 0.2) is 16.0 Å². The second-order valence-corrected chi connectivity index (χ2v) is 9.32. The molecule has 1 aromatic carbocycles. The Hall–Kier alpha value is -3.08. The molecule has 0 bridgehead atoms. The van der Waals surface area contributed by atoms with Crippen LogP contribution in [0.25, 0.3) is 11.0 Å². The third-order valence-electron chi connectivity index (χ3n) is 6.40. The van der Waals surface area contributed by atoms with E-state index in [0.717, 1.165) is 40.3 Å². The summed E-state index contributed by atoms with van der Waals surface area (Å²) in [7, 11) is 0. The maximum Gasteiger partial charge on any atom is 0.238 e. The Labute approximate surface area is 187 Å².